The summed E-state index contributed by atoms with van der Waals surface area (Å²) in [7, 11) is 1.65. The largest absolute Gasteiger partial charge is 0.322 e. The van der Waals surface area contributed by atoms with Gasteiger partial charge in [0, 0.05) is 18.3 Å². The number of carbonyl (C=O) groups excluding carboxylic acids is 3. The molecule has 138 valence electrons. The lowest BCUT2D eigenvalue weighted by Crippen LogP contribution is -2.48. The minimum atomic E-state index is -0.781. The van der Waals surface area contributed by atoms with Crippen molar-refractivity contribution in [3.8, 4) is 11.8 Å². The van der Waals surface area contributed by atoms with Crippen LogP contribution in [0.3, 0.4) is 0 Å². The number of carbonyl (C=O) groups is 3. The van der Waals surface area contributed by atoms with Gasteiger partial charge in [0.1, 0.15) is 11.4 Å². The van der Waals surface area contributed by atoms with Crippen LogP contribution in [0.15, 0.2) is 29.4 Å². The summed E-state index contributed by atoms with van der Waals surface area (Å²) < 4.78 is 0. The number of hydrazone groups is 1. The van der Waals surface area contributed by atoms with Gasteiger partial charge < -0.3 is 10.7 Å². The van der Waals surface area contributed by atoms with Crippen molar-refractivity contribution in [3.05, 3.63) is 29.8 Å². The van der Waals surface area contributed by atoms with Crippen LogP contribution in [-0.4, -0.2) is 37.3 Å². The maximum Gasteiger partial charge on any atom is 0.322 e. The number of imide groups is 1. The molecule has 1 rings (SSSR count). The standard InChI is InChI=1S/C18H23N5O3/c1-5-18(3,21-17(26)20-12-24)11-10-15-6-8-16(9-7-15)23(13-25)14(2)22-19-4/h6-9,12-13,19H,5H2,1-4H3,(H2,20,21,24,26)/b22-14-/t18-/m0/s1. The molecular formula is C18H23N5O3. The SMILES string of the molecule is CC[C@@](C)(C#Cc1ccc(N(C=O)/C(C)=N\NC)cc1)NC(=O)NC=O. The van der Waals surface area contributed by atoms with Crippen molar-refractivity contribution in [3.63, 3.8) is 0 Å². The zero-order chi connectivity index (χ0) is 19.6. The zero-order valence-corrected chi connectivity index (χ0v) is 15.3. The molecule has 0 heterocycles. The average molecular weight is 357 g/mol. The zero-order valence-electron chi connectivity index (χ0n) is 15.3. The van der Waals surface area contributed by atoms with Gasteiger partial charge in [-0.05, 0) is 44.5 Å². The van der Waals surface area contributed by atoms with Crippen LogP contribution in [0.4, 0.5) is 10.5 Å². The van der Waals surface area contributed by atoms with Crippen molar-refractivity contribution < 1.29 is 14.4 Å². The minimum Gasteiger partial charge on any atom is -0.322 e. The molecule has 0 aliphatic heterocycles. The fourth-order valence-corrected chi connectivity index (χ4v) is 2.00. The molecule has 0 radical (unpaired) electrons. The molecule has 0 fully saturated rings. The van der Waals surface area contributed by atoms with Crippen LogP contribution in [0.2, 0.25) is 0 Å². The third kappa shape index (κ3) is 5.94. The van der Waals surface area contributed by atoms with Crippen LogP contribution in [-0.2, 0) is 9.59 Å². The quantitative estimate of drug-likeness (QED) is 0.234. The van der Waals surface area contributed by atoms with E-state index in [0.717, 1.165) is 5.56 Å². The molecule has 8 nitrogen and oxygen atoms in total. The van der Waals surface area contributed by atoms with Gasteiger partial charge >= 0.3 is 6.03 Å². The number of amidine groups is 1. The Morgan fingerprint density at radius 1 is 1.31 bits per heavy atom. The van der Waals surface area contributed by atoms with Crippen molar-refractivity contribution in [1.82, 2.24) is 16.1 Å². The highest BCUT2D eigenvalue weighted by Crippen LogP contribution is 2.15. The van der Waals surface area contributed by atoms with Gasteiger partial charge in [-0.3, -0.25) is 19.8 Å². The summed E-state index contributed by atoms with van der Waals surface area (Å²) in [4.78, 5) is 34.5. The van der Waals surface area contributed by atoms with E-state index in [0.29, 0.717) is 30.8 Å². The van der Waals surface area contributed by atoms with E-state index in [1.165, 1.54) is 4.90 Å². The van der Waals surface area contributed by atoms with Gasteiger partial charge in [0.2, 0.25) is 12.8 Å². The Bertz CT molecular complexity index is 733. The lowest BCUT2D eigenvalue weighted by Gasteiger charge is -2.22. The van der Waals surface area contributed by atoms with E-state index in [4.69, 9.17) is 0 Å². The second-order valence-corrected chi connectivity index (χ2v) is 5.56. The Morgan fingerprint density at radius 3 is 2.46 bits per heavy atom. The van der Waals surface area contributed by atoms with Crippen molar-refractivity contribution >= 4 is 30.4 Å². The third-order valence-corrected chi connectivity index (χ3v) is 3.64. The summed E-state index contributed by atoms with van der Waals surface area (Å²) in [6, 6.07) is 6.45. The topological polar surface area (TPSA) is 103 Å². The smallest absolute Gasteiger partial charge is 0.322 e. The summed E-state index contributed by atoms with van der Waals surface area (Å²) in [6.45, 7) is 5.36. The van der Waals surface area contributed by atoms with Gasteiger partial charge in [0.25, 0.3) is 0 Å². The molecule has 3 N–H and O–H groups in total. The van der Waals surface area contributed by atoms with Gasteiger partial charge in [0.05, 0.1) is 0 Å². The number of nitrogens with one attached hydrogen (secondary N) is 3. The molecule has 0 unspecified atom stereocenters. The van der Waals surface area contributed by atoms with Crippen LogP contribution in [0, 0.1) is 11.8 Å². The molecule has 8 heteroatoms. The third-order valence-electron chi connectivity index (χ3n) is 3.64. The van der Waals surface area contributed by atoms with Gasteiger partial charge in [-0.25, -0.2) is 4.79 Å². The Labute approximate surface area is 153 Å². The number of hydrogen-bond donors (Lipinski definition) is 3. The minimum absolute atomic E-state index is 0.315. The molecule has 26 heavy (non-hydrogen) atoms. The van der Waals surface area contributed by atoms with Crippen molar-refractivity contribution in [2.45, 2.75) is 32.7 Å². The summed E-state index contributed by atoms with van der Waals surface area (Å²) in [5.74, 6) is 6.50. The highest BCUT2D eigenvalue weighted by molar-refractivity contribution is 6.08. The summed E-state index contributed by atoms with van der Waals surface area (Å²) >= 11 is 0. The first-order valence-electron chi connectivity index (χ1n) is 8.00. The first-order chi connectivity index (χ1) is 12.4. The van der Waals surface area contributed by atoms with Crippen LogP contribution >= 0.6 is 0 Å². The number of benzene rings is 1. The monoisotopic (exact) mass is 357 g/mol. The predicted molar refractivity (Wildman–Crippen MR) is 100 cm³/mol. The molecule has 0 aliphatic carbocycles. The fourth-order valence-electron chi connectivity index (χ4n) is 2.00. The summed E-state index contributed by atoms with van der Waals surface area (Å²) in [6.07, 6.45) is 1.55. The lowest BCUT2D eigenvalue weighted by atomic mass is 9.99. The number of nitrogens with zero attached hydrogens (tertiary/aromatic N) is 2. The van der Waals surface area contributed by atoms with E-state index in [1.54, 1.807) is 45.2 Å². The molecule has 0 aliphatic rings. The van der Waals surface area contributed by atoms with E-state index in [1.807, 2.05) is 12.2 Å². The Morgan fingerprint density at radius 2 is 1.96 bits per heavy atom. The number of anilines is 1. The van der Waals surface area contributed by atoms with Crippen LogP contribution < -0.4 is 21.0 Å². The molecule has 0 saturated carbocycles. The molecule has 1 atom stereocenters. The van der Waals surface area contributed by atoms with E-state index < -0.39 is 11.6 Å². The maximum absolute atomic E-state index is 11.5. The number of rotatable bonds is 6. The number of urea groups is 1. The Balaban J connectivity index is 2.97. The molecule has 0 aromatic heterocycles. The predicted octanol–water partition coefficient (Wildman–Crippen LogP) is 1.18. The molecule has 0 bridgehead atoms. The Hall–Kier alpha value is -3.34. The van der Waals surface area contributed by atoms with Crippen molar-refractivity contribution in [2.75, 3.05) is 11.9 Å². The van der Waals surface area contributed by atoms with Crippen LogP contribution in [0.1, 0.15) is 32.8 Å². The second-order valence-electron chi connectivity index (χ2n) is 5.56. The van der Waals surface area contributed by atoms with E-state index >= 15 is 0 Å². The molecule has 0 saturated heterocycles. The molecule has 1 aromatic rings. The summed E-state index contributed by atoms with van der Waals surface area (Å²) in [5.41, 5.74) is 3.23. The van der Waals surface area contributed by atoms with E-state index in [2.05, 4.69) is 27.7 Å². The first-order valence-corrected chi connectivity index (χ1v) is 8.00. The molecular weight excluding hydrogens is 334 g/mol. The van der Waals surface area contributed by atoms with Crippen LogP contribution in [0.5, 0.6) is 0 Å². The van der Waals surface area contributed by atoms with Crippen molar-refractivity contribution in [1.29, 1.82) is 0 Å². The van der Waals surface area contributed by atoms with Gasteiger partial charge in [-0.15, -0.1) is 0 Å². The fraction of sp³-hybridized carbons (Fsp3) is 0.333. The first kappa shape index (κ1) is 20.7. The van der Waals surface area contributed by atoms with Crippen molar-refractivity contribution in [2.24, 2.45) is 5.10 Å². The highest BCUT2D eigenvalue weighted by atomic mass is 16.2. The van der Waals surface area contributed by atoms with Gasteiger partial charge in [-0.2, -0.15) is 5.10 Å². The maximum atomic E-state index is 11.5. The summed E-state index contributed by atoms with van der Waals surface area (Å²) in [5, 5.41) is 8.66. The number of amides is 4. The number of hydrogen-bond acceptors (Lipinski definition) is 5. The van der Waals surface area contributed by atoms with Gasteiger partial charge in [-0.1, -0.05) is 18.8 Å². The highest BCUT2D eigenvalue weighted by Gasteiger charge is 2.21. The van der Waals surface area contributed by atoms with Crippen LogP contribution in [0.25, 0.3) is 0 Å². The molecule has 0 spiro atoms. The molecule has 4 amide bonds. The average Bonchev–Trinajstić information content (AvgIpc) is 2.62. The van der Waals surface area contributed by atoms with Gasteiger partial charge in [0.15, 0.2) is 0 Å². The Kier molecular flexibility index (Phi) is 7.83. The lowest BCUT2D eigenvalue weighted by molar-refractivity contribution is -0.108. The molecule has 1 aromatic carbocycles. The van der Waals surface area contributed by atoms with E-state index in [9.17, 15) is 14.4 Å². The normalized spacial score (nSPS) is 12.7. The van der Waals surface area contributed by atoms with E-state index in [-0.39, 0.29) is 0 Å². The second kappa shape index (κ2) is 9.84.